The highest BCUT2D eigenvalue weighted by Gasteiger charge is 2.14. The number of nitrogens with zero attached hydrogens (tertiary/aromatic N) is 1. The largest absolute Gasteiger partial charge is 0.348 e. The molecule has 1 N–H and O–H groups in total. The van der Waals surface area contributed by atoms with Gasteiger partial charge < -0.3 is 9.88 Å². The number of aromatic nitrogens is 1. The van der Waals surface area contributed by atoms with E-state index in [1.807, 2.05) is 0 Å². The molecule has 0 aliphatic carbocycles. The molecule has 1 atom stereocenters. The van der Waals surface area contributed by atoms with Crippen LogP contribution in [0.1, 0.15) is 24.2 Å². The first-order valence-corrected chi connectivity index (χ1v) is 4.17. The Hall–Kier alpha value is -0.760. The van der Waals surface area contributed by atoms with Crippen molar-refractivity contribution in [3.05, 3.63) is 23.5 Å². The number of hydrogen-bond acceptors (Lipinski definition) is 1. The molecule has 2 heterocycles. The van der Waals surface area contributed by atoms with Gasteiger partial charge in [0.15, 0.2) is 0 Å². The summed E-state index contributed by atoms with van der Waals surface area (Å²) in [5, 5.41) is 3.43. The molecule has 0 fully saturated rings. The summed E-state index contributed by atoms with van der Waals surface area (Å²) in [6, 6.07) is 2.79. The maximum atomic E-state index is 3.43. The molecule has 0 radical (unpaired) electrons. The molecule has 0 bridgehead atoms. The lowest BCUT2D eigenvalue weighted by atomic mass is 10.2. The monoisotopic (exact) mass is 150 g/mol. The van der Waals surface area contributed by atoms with Crippen LogP contribution >= 0.6 is 0 Å². The lowest BCUT2D eigenvalue weighted by Crippen LogP contribution is -2.30. The van der Waals surface area contributed by atoms with Crippen molar-refractivity contribution in [1.82, 2.24) is 9.88 Å². The average Bonchev–Trinajstić information content (AvgIpc) is 2.31. The van der Waals surface area contributed by atoms with Crippen molar-refractivity contribution in [3.63, 3.8) is 0 Å². The van der Waals surface area contributed by atoms with Gasteiger partial charge in [-0.2, -0.15) is 0 Å². The molecule has 0 saturated heterocycles. The predicted molar refractivity (Wildman–Crippen MR) is 45.6 cm³/mol. The first kappa shape index (κ1) is 6.92. The second-order valence-corrected chi connectivity index (χ2v) is 3.31. The van der Waals surface area contributed by atoms with Crippen molar-refractivity contribution in [2.45, 2.75) is 26.4 Å². The van der Waals surface area contributed by atoms with Gasteiger partial charge in [-0.3, -0.25) is 0 Å². The highest BCUT2D eigenvalue weighted by atomic mass is 15.1. The zero-order valence-electron chi connectivity index (χ0n) is 7.09. The predicted octanol–water partition coefficient (Wildman–Crippen LogP) is 1.46. The van der Waals surface area contributed by atoms with Gasteiger partial charge in [-0.1, -0.05) is 0 Å². The minimum absolute atomic E-state index is 0.525. The van der Waals surface area contributed by atoms with Crippen molar-refractivity contribution >= 4 is 0 Å². The van der Waals surface area contributed by atoms with E-state index in [0.717, 1.165) is 13.1 Å². The third-order valence-corrected chi connectivity index (χ3v) is 2.31. The Morgan fingerprint density at radius 3 is 3.18 bits per heavy atom. The summed E-state index contributed by atoms with van der Waals surface area (Å²) >= 11 is 0. The van der Waals surface area contributed by atoms with Crippen LogP contribution in [-0.2, 0) is 6.54 Å². The second-order valence-electron chi connectivity index (χ2n) is 3.31. The molecule has 0 amide bonds. The normalized spacial score (nSPS) is 23.3. The van der Waals surface area contributed by atoms with Crippen LogP contribution in [0.5, 0.6) is 0 Å². The summed E-state index contributed by atoms with van der Waals surface area (Å²) in [6.45, 7) is 6.58. The molecular formula is C9H14N2. The fourth-order valence-electron chi connectivity index (χ4n) is 1.75. The minimum atomic E-state index is 0.525. The average molecular weight is 150 g/mol. The van der Waals surface area contributed by atoms with Crippen LogP contribution < -0.4 is 5.32 Å². The van der Waals surface area contributed by atoms with E-state index >= 15 is 0 Å². The number of aryl methyl sites for hydroxylation is 1. The van der Waals surface area contributed by atoms with Crippen molar-refractivity contribution in [2.75, 3.05) is 6.54 Å². The molecule has 0 unspecified atom stereocenters. The first-order valence-electron chi connectivity index (χ1n) is 4.17. The van der Waals surface area contributed by atoms with E-state index in [1.165, 1.54) is 11.3 Å². The topological polar surface area (TPSA) is 17.0 Å². The van der Waals surface area contributed by atoms with Crippen molar-refractivity contribution < 1.29 is 0 Å². The van der Waals surface area contributed by atoms with Gasteiger partial charge in [0, 0.05) is 31.0 Å². The third-order valence-electron chi connectivity index (χ3n) is 2.31. The lowest BCUT2D eigenvalue weighted by Gasteiger charge is -2.22. The van der Waals surface area contributed by atoms with Crippen molar-refractivity contribution in [3.8, 4) is 0 Å². The molecule has 11 heavy (non-hydrogen) atoms. The van der Waals surface area contributed by atoms with Crippen LogP contribution in [0.2, 0.25) is 0 Å². The first-order chi connectivity index (χ1) is 5.27. The van der Waals surface area contributed by atoms with Gasteiger partial charge in [0.25, 0.3) is 0 Å². The van der Waals surface area contributed by atoms with Crippen LogP contribution in [0.15, 0.2) is 12.3 Å². The molecule has 0 aromatic carbocycles. The fourth-order valence-corrected chi connectivity index (χ4v) is 1.75. The van der Waals surface area contributed by atoms with E-state index in [2.05, 4.69) is 36.0 Å². The number of hydrogen-bond donors (Lipinski definition) is 1. The Labute approximate surface area is 67.2 Å². The van der Waals surface area contributed by atoms with Gasteiger partial charge in [-0.25, -0.2) is 0 Å². The summed E-state index contributed by atoms with van der Waals surface area (Å²) in [5.41, 5.74) is 2.80. The van der Waals surface area contributed by atoms with E-state index in [1.54, 1.807) is 0 Å². The zero-order chi connectivity index (χ0) is 7.84. The molecule has 0 saturated carbocycles. The van der Waals surface area contributed by atoms with Crippen LogP contribution in [0.3, 0.4) is 0 Å². The lowest BCUT2D eigenvalue weighted by molar-refractivity contribution is 0.448. The van der Waals surface area contributed by atoms with E-state index in [4.69, 9.17) is 0 Å². The Morgan fingerprint density at radius 1 is 1.64 bits per heavy atom. The molecule has 2 heteroatoms. The molecule has 1 aromatic heterocycles. The maximum absolute atomic E-state index is 3.43. The summed E-state index contributed by atoms with van der Waals surface area (Å²) in [4.78, 5) is 0. The summed E-state index contributed by atoms with van der Waals surface area (Å²) in [6.07, 6.45) is 2.23. The van der Waals surface area contributed by atoms with Crippen LogP contribution in [0, 0.1) is 6.92 Å². The zero-order valence-corrected chi connectivity index (χ0v) is 7.09. The van der Waals surface area contributed by atoms with Gasteiger partial charge in [-0.05, 0) is 25.5 Å². The Bertz CT molecular complexity index is 263. The van der Waals surface area contributed by atoms with Gasteiger partial charge in [0.2, 0.25) is 0 Å². The fraction of sp³-hybridized carbons (Fsp3) is 0.556. The standard InChI is InChI=1S/C9H14N2/c1-7-5-9-8(2)10-3-4-11(9)6-7/h5-6,8,10H,3-4H2,1-2H3/t8-/m1/s1. The Balaban J connectivity index is 2.43. The van der Waals surface area contributed by atoms with Crippen LogP contribution in [0.4, 0.5) is 0 Å². The Kier molecular flexibility index (Phi) is 1.50. The summed E-state index contributed by atoms with van der Waals surface area (Å²) in [7, 11) is 0. The summed E-state index contributed by atoms with van der Waals surface area (Å²) in [5.74, 6) is 0. The highest BCUT2D eigenvalue weighted by Crippen LogP contribution is 2.18. The molecule has 1 aromatic rings. The van der Waals surface area contributed by atoms with E-state index < -0.39 is 0 Å². The number of nitrogens with one attached hydrogen (secondary N) is 1. The SMILES string of the molecule is Cc1cc2n(c1)CCN[C@@H]2C. The highest BCUT2D eigenvalue weighted by molar-refractivity contribution is 5.21. The van der Waals surface area contributed by atoms with Gasteiger partial charge in [0.05, 0.1) is 0 Å². The van der Waals surface area contributed by atoms with Crippen LogP contribution in [-0.4, -0.2) is 11.1 Å². The van der Waals surface area contributed by atoms with Gasteiger partial charge in [-0.15, -0.1) is 0 Å². The van der Waals surface area contributed by atoms with E-state index in [0.29, 0.717) is 6.04 Å². The molecule has 1 aliphatic heterocycles. The molecule has 0 spiro atoms. The molecule has 1 aliphatic rings. The maximum Gasteiger partial charge on any atom is 0.0446 e. The molecule has 2 rings (SSSR count). The molecular weight excluding hydrogens is 136 g/mol. The quantitative estimate of drug-likeness (QED) is 0.592. The van der Waals surface area contributed by atoms with Gasteiger partial charge in [0.1, 0.15) is 0 Å². The third kappa shape index (κ3) is 1.07. The number of fused-ring (bicyclic) bond motifs is 1. The summed E-state index contributed by atoms with van der Waals surface area (Å²) < 4.78 is 2.34. The van der Waals surface area contributed by atoms with Crippen molar-refractivity contribution in [2.24, 2.45) is 0 Å². The molecule has 2 nitrogen and oxygen atoms in total. The van der Waals surface area contributed by atoms with Crippen molar-refractivity contribution in [1.29, 1.82) is 0 Å². The minimum Gasteiger partial charge on any atom is -0.348 e. The second kappa shape index (κ2) is 2.38. The molecule has 60 valence electrons. The van der Waals surface area contributed by atoms with Gasteiger partial charge >= 0.3 is 0 Å². The smallest absolute Gasteiger partial charge is 0.0446 e. The van der Waals surface area contributed by atoms with E-state index in [-0.39, 0.29) is 0 Å². The Morgan fingerprint density at radius 2 is 2.45 bits per heavy atom. The van der Waals surface area contributed by atoms with Crippen LogP contribution in [0.25, 0.3) is 0 Å². The number of rotatable bonds is 0. The van der Waals surface area contributed by atoms with E-state index in [9.17, 15) is 0 Å².